The Morgan fingerprint density at radius 1 is 0.917 bits per heavy atom. The van der Waals surface area contributed by atoms with Gasteiger partial charge in [-0.3, -0.25) is 14.5 Å². The van der Waals surface area contributed by atoms with Crippen LogP contribution in [0.4, 0.5) is 16.2 Å². The number of hydrogen-bond donors (Lipinski definition) is 5. The largest absolute Gasteiger partial charge is 0.506 e. The van der Waals surface area contributed by atoms with Crippen molar-refractivity contribution >= 4 is 42.6 Å². The van der Waals surface area contributed by atoms with Crippen molar-refractivity contribution in [2.45, 2.75) is 95.6 Å². The molecule has 3 fully saturated rings. The summed E-state index contributed by atoms with van der Waals surface area (Å²) in [5.41, 5.74) is 5.99. The maximum absolute atomic E-state index is 13.1. The zero-order valence-electron chi connectivity index (χ0n) is 35.5. The molecule has 4 aromatic carbocycles. The maximum Gasteiger partial charge on any atom is 0.412 e. The number of phenols is 1. The topological polar surface area (TPSA) is 147 Å². The fourth-order valence-corrected chi connectivity index (χ4v) is 9.78. The van der Waals surface area contributed by atoms with Gasteiger partial charge in [0.1, 0.15) is 5.75 Å². The van der Waals surface area contributed by atoms with Crippen LogP contribution in [-0.4, -0.2) is 72.1 Å². The van der Waals surface area contributed by atoms with Crippen molar-refractivity contribution in [2.24, 2.45) is 0 Å². The molecule has 60 heavy (non-hydrogen) atoms. The number of benzene rings is 4. The lowest BCUT2D eigenvalue weighted by Crippen LogP contribution is -2.62. The Morgan fingerprint density at radius 2 is 1.60 bits per heavy atom. The van der Waals surface area contributed by atoms with Crippen LogP contribution >= 0.6 is 0 Å². The molecule has 0 unspecified atom stereocenters. The number of aromatic hydroxyl groups is 1. The number of phenolic OH excluding ortho intramolecular Hbond substituents is 1. The molecule has 0 spiro atoms. The highest BCUT2D eigenvalue weighted by Gasteiger charge is 2.47. The molecule has 2 bridgehead atoms. The van der Waals surface area contributed by atoms with Crippen molar-refractivity contribution in [1.29, 1.82) is 0 Å². The molecule has 0 saturated carbocycles. The van der Waals surface area contributed by atoms with Crippen LogP contribution in [0.1, 0.15) is 75.7 Å². The van der Waals surface area contributed by atoms with Crippen LogP contribution < -0.4 is 21.1 Å². The number of piperidine rings is 3. The van der Waals surface area contributed by atoms with Gasteiger partial charge in [0.25, 0.3) is 0 Å². The lowest BCUT2D eigenvalue weighted by molar-refractivity contribution is -0.116. The van der Waals surface area contributed by atoms with Crippen LogP contribution in [0.2, 0.25) is 18.1 Å². The molecular weight excluding hydrogens is 771 g/mol. The molecule has 12 heteroatoms. The summed E-state index contributed by atoms with van der Waals surface area (Å²) in [6.45, 7) is 14.9. The van der Waals surface area contributed by atoms with Gasteiger partial charge in [0, 0.05) is 61.8 Å². The Bertz CT molecular complexity index is 2350. The van der Waals surface area contributed by atoms with Crippen molar-refractivity contribution in [3.05, 3.63) is 124 Å². The first-order chi connectivity index (χ1) is 28.6. The smallest absolute Gasteiger partial charge is 0.412 e. The first kappa shape index (κ1) is 42.8. The molecular formula is C48H59N5O6Si. The molecule has 3 saturated heterocycles. The Balaban J connectivity index is 0.971. The van der Waals surface area contributed by atoms with Crippen LogP contribution in [0.5, 0.6) is 5.75 Å². The van der Waals surface area contributed by atoms with Gasteiger partial charge in [-0.05, 0) is 103 Å². The van der Waals surface area contributed by atoms with Crippen LogP contribution in [0.3, 0.4) is 0 Å². The van der Waals surface area contributed by atoms with E-state index < -0.39 is 19.9 Å². The summed E-state index contributed by atoms with van der Waals surface area (Å²) >= 11 is 0. The van der Waals surface area contributed by atoms with Crippen LogP contribution in [0.25, 0.3) is 22.0 Å². The predicted molar refractivity (Wildman–Crippen MR) is 242 cm³/mol. The second-order valence-corrected chi connectivity index (χ2v) is 22.8. The summed E-state index contributed by atoms with van der Waals surface area (Å²) in [6.07, 6.45) is 2.83. The Hall–Kier alpha value is -5.27. The van der Waals surface area contributed by atoms with Crippen molar-refractivity contribution in [3.8, 4) is 16.9 Å². The lowest BCUT2D eigenvalue weighted by Gasteiger charge is -2.53. The molecule has 0 aliphatic carbocycles. The second kappa shape index (κ2) is 17.8. The quantitative estimate of drug-likeness (QED) is 0.0656. The van der Waals surface area contributed by atoms with E-state index >= 15 is 0 Å². The van der Waals surface area contributed by atoms with Gasteiger partial charge in [0.15, 0.2) is 8.32 Å². The second-order valence-electron chi connectivity index (χ2n) is 18.0. The van der Waals surface area contributed by atoms with Crippen LogP contribution in [0.15, 0.2) is 102 Å². The third-order valence-corrected chi connectivity index (χ3v) is 17.5. The van der Waals surface area contributed by atoms with Crippen molar-refractivity contribution in [2.75, 3.05) is 36.4 Å². The molecule has 8 rings (SSSR count). The Morgan fingerprint density at radius 3 is 2.27 bits per heavy atom. The summed E-state index contributed by atoms with van der Waals surface area (Å²) in [7, 11) is -2.22. The number of pyridine rings is 1. The molecule has 316 valence electrons. The molecule has 1 aromatic heterocycles. The van der Waals surface area contributed by atoms with Crippen molar-refractivity contribution in [3.63, 3.8) is 0 Å². The number of carboxylic acid groups (broad SMARTS) is 1. The molecule has 11 nitrogen and oxygen atoms in total. The number of nitrogens with zero attached hydrogens (tertiary/aromatic N) is 2. The summed E-state index contributed by atoms with van der Waals surface area (Å²) in [6, 6.07) is 30.6. The van der Waals surface area contributed by atoms with Gasteiger partial charge in [-0.2, -0.15) is 0 Å². The zero-order valence-corrected chi connectivity index (χ0v) is 36.5. The number of nitrogens with one attached hydrogen (secondary N) is 3. The molecule has 0 radical (unpaired) electrons. The minimum absolute atomic E-state index is 0.0177. The predicted octanol–water partition coefficient (Wildman–Crippen LogP) is 9.44. The van der Waals surface area contributed by atoms with Crippen LogP contribution in [0, 0.1) is 0 Å². The van der Waals surface area contributed by atoms with E-state index in [1.54, 1.807) is 17.0 Å². The third-order valence-electron chi connectivity index (χ3n) is 13.0. The first-order valence-electron chi connectivity index (χ1n) is 21.2. The summed E-state index contributed by atoms with van der Waals surface area (Å²) in [5, 5.41) is 28.6. The SMILES string of the molecule is CC(C)(C)[Si](C)(C)O[C@H](CNCc1ccc(NC(=O)CCCc2ccc(-c3ccccc3)c(N(C(=O)O)C34CCN(CC3)CC4)c2)cc1)c1ccc(O)c2[nH]c(=O)ccc12. The number of anilines is 2. The standard InChI is InChI=1S/C48H59N5O6Si/c1-47(2,3)60(4,5)59-42(38-20-22-41(54)45-39(38)21-23-44(56)51-45)32-49-31-34-14-17-36(18-15-34)50-43(55)13-9-10-33-16-19-37(35-11-7-6-8-12-35)40(30-33)53(46(57)58)48-24-27-52(28-25-48)29-26-48/h6-8,11-12,14-23,30,42,49,54H,9-10,13,24-29,31-32H2,1-5H3,(H,50,55)(H,51,56)(H,57,58)/t42-/m1/s1. The number of carbonyl (C=O) groups is 2. The molecule has 2 amide bonds. The average molecular weight is 830 g/mol. The van der Waals surface area contributed by atoms with Crippen molar-refractivity contribution in [1.82, 2.24) is 15.2 Å². The molecule has 3 aliphatic heterocycles. The van der Waals surface area contributed by atoms with E-state index in [-0.39, 0.29) is 28.4 Å². The number of aromatic amines is 1. The molecule has 4 heterocycles. The number of fused-ring (bicyclic) bond motifs is 4. The highest BCUT2D eigenvalue weighted by atomic mass is 28.4. The highest BCUT2D eigenvalue weighted by Crippen LogP contribution is 2.44. The molecule has 3 aliphatic rings. The van der Waals surface area contributed by atoms with Gasteiger partial charge < -0.3 is 35.2 Å². The van der Waals surface area contributed by atoms with Gasteiger partial charge in [0.05, 0.1) is 22.8 Å². The molecule has 5 N–H and O–H groups in total. The molecule has 1 atom stereocenters. The highest BCUT2D eigenvalue weighted by molar-refractivity contribution is 6.74. The minimum Gasteiger partial charge on any atom is -0.506 e. The van der Waals surface area contributed by atoms with Gasteiger partial charge in [-0.15, -0.1) is 0 Å². The van der Waals surface area contributed by atoms with E-state index in [0.717, 1.165) is 83.5 Å². The molecule has 5 aromatic rings. The first-order valence-corrected chi connectivity index (χ1v) is 24.1. The number of hydrogen-bond acceptors (Lipinski definition) is 7. The lowest BCUT2D eigenvalue weighted by atomic mass is 9.78. The van der Waals surface area contributed by atoms with E-state index in [4.69, 9.17) is 4.43 Å². The summed E-state index contributed by atoms with van der Waals surface area (Å²) in [4.78, 5) is 45.2. The van der Waals surface area contributed by atoms with Gasteiger partial charge >= 0.3 is 6.09 Å². The number of aryl methyl sites for hydroxylation is 1. The summed E-state index contributed by atoms with van der Waals surface area (Å²) < 4.78 is 6.94. The fourth-order valence-electron chi connectivity index (χ4n) is 8.50. The van der Waals surface area contributed by atoms with Gasteiger partial charge in [-0.1, -0.05) is 81.4 Å². The van der Waals surface area contributed by atoms with Crippen molar-refractivity contribution < 1.29 is 24.2 Å². The number of H-pyrrole nitrogens is 1. The average Bonchev–Trinajstić information content (AvgIpc) is 3.22. The third kappa shape index (κ3) is 9.52. The zero-order chi connectivity index (χ0) is 42.7. The van der Waals surface area contributed by atoms with E-state index in [0.29, 0.717) is 37.9 Å². The number of carbonyl (C=O) groups excluding carboxylic acids is 1. The van der Waals surface area contributed by atoms with E-state index in [2.05, 4.69) is 60.4 Å². The Labute approximate surface area is 353 Å². The number of rotatable bonds is 15. The minimum atomic E-state index is -2.22. The Kier molecular flexibility index (Phi) is 12.7. The summed E-state index contributed by atoms with van der Waals surface area (Å²) in [5.74, 6) is -0.0562. The van der Waals surface area contributed by atoms with E-state index in [9.17, 15) is 24.6 Å². The van der Waals surface area contributed by atoms with Gasteiger partial charge in [0.2, 0.25) is 11.5 Å². The maximum atomic E-state index is 13.1. The number of amides is 2. The fraction of sp³-hybridized carbons (Fsp3) is 0.396. The van der Waals surface area contributed by atoms with Crippen LogP contribution in [-0.2, 0) is 22.2 Å². The number of aromatic nitrogens is 1. The normalized spacial score (nSPS) is 18.3. The van der Waals surface area contributed by atoms with Gasteiger partial charge in [-0.25, -0.2) is 4.79 Å². The van der Waals surface area contributed by atoms with E-state index in [1.165, 1.54) is 6.07 Å². The van der Waals surface area contributed by atoms with E-state index in [1.807, 2.05) is 72.8 Å². The monoisotopic (exact) mass is 829 g/mol.